The maximum atomic E-state index is 12.2. The predicted molar refractivity (Wildman–Crippen MR) is 110 cm³/mol. The number of hydrogen-bond acceptors (Lipinski definition) is 3. The van der Waals surface area contributed by atoms with E-state index in [1.807, 2.05) is 30.3 Å². The zero-order chi connectivity index (χ0) is 19.1. The zero-order valence-electron chi connectivity index (χ0n) is 16.4. The lowest BCUT2D eigenvalue weighted by Gasteiger charge is -2.31. The number of benzene rings is 1. The molecule has 0 saturated heterocycles. The van der Waals surface area contributed by atoms with E-state index < -0.39 is 5.25 Å². The molecule has 2 aromatic rings. The summed E-state index contributed by atoms with van der Waals surface area (Å²) in [5.41, 5.74) is 8.96. The third-order valence-corrected chi connectivity index (χ3v) is 8.00. The van der Waals surface area contributed by atoms with Gasteiger partial charge >= 0.3 is 0 Å². The van der Waals surface area contributed by atoms with Gasteiger partial charge in [-0.05, 0) is 63.4 Å². The van der Waals surface area contributed by atoms with Gasteiger partial charge in [0.1, 0.15) is 5.25 Å². The topological polar surface area (TPSA) is 60.9 Å². The van der Waals surface area contributed by atoms with Crippen LogP contribution in [-0.4, -0.2) is 15.5 Å². The summed E-state index contributed by atoms with van der Waals surface area (Å²) < 4.78 is 2.38. The van der Waals surface area contributed by atoms with E-state index in [0.717, 1.165) is 34.2 Å². The van der Waals surface area contributed by atoms with Gasteiger partial charge in [0.2, 0.25) is 5.91 Å². The van der Waals surface area contributed by atoms with Gasteiger partial charge in [-0.3, -0.25) is 4.79 Å². The van der Waals surface area contributed by atoms with E-state index in [1.54, 1.807) is 0 Å². The molecular formula is C22H29N3OS. The van der Waals surface area contributed by atoms with E-state index >= 15 is 0 Å². The second kappa shape index (κ2) is 7.34. The number of aryl methyl sites for hydroxylation is 1. The number of carbonyl (C=O) groups is 1. The molecule has 2 bridgehead atoms. The van der Waals surface area contributed by atoms with Crippen molar-refractivity contribution in [3.05, 3.63) is 47.3 Å². The minimum absolute atomic E-state index is 0.316. The summed E-state index contributed by atoms with van der Waals surface area (Å²) in [7, 11) is 0. The molecule has 1 aromatic heterocycles. The second-order valence-electron chi connectivity index (χ2n) is 8.33. The standard InChI is InChI=1S/C22H29N3OS/c1-13-14(2)25(15(3)19-12-16-9-10-18(19)11-16)22(24-13)27-20(21(23)26)17-7-5-4-6-8-17/h4-8,15-16,18-20H,9-12H2,1-3H3,(H2,23,26)/t15-,16-,18-,19+,20-/m0/s1. The molecule has 1 amide bonds. The molecule has 2 fully saturated rings. The Morgan fingerprint density at radius 2 is 1.96 bits per heavy atom. The minimum Gasteiger partial charge on any atom is -0.368 e. The van der Waals surface area contributed by atoms with Gasteiger partial charge in [0, 0.05) is 11.7 Å². The van der Waals surface area contributed by atoms with Gasteiger partial charge in [-0.15, -0.1) is 0 Å². The van der Waals surface area contributed by atoms with Gasteiger partial charge in [-0.1, -0.05) is 48.5 Å². The summed E-state index contributed by atoms with van der Waals surface area (Å²) in [6.07, 6.45) is 5.53. The van der Waals surface area contributed by atoms with Gasteiger partial charge in [0.05, 0.1) is 5.69 Å². The molecule has 144 valence electrons. The third kappa shape index (κ3) is 3.42. The molecule has 2 saturated carbocycles. The molecule has 27 heavy (non-hydrogen) atoms. The van der Waals surface area contributed by atoms with Crippen LogP contribution in [0.3, 0.4) is 0 Å². The molecule has 2 N–H and O–H groups in total. The zero-order valence-corrected chi connectivity index (χ0v) is 17.2. The van der Waals surface area contributed by atoms with Crippen LogP contribution >= 0.6 is 11.8 Å². The van der Waals surface area contributed by atoms with E-state index in [0.29, 0.717) is 6.04 Å². The van der Waals surface area contributed by atoms with Gasteiger partial charge in [-0.25, -0.2) is 4.98 Å². The number of thioether (sulfide) groups is 1. The average molecular weight is 384 g/mol. The highest BCUT2D eigenvalue weighted by atomic mass is 32.2. The molecule has 5 atom stereocenters. The maximum absolute atomic E-state index is 12.2. The number of rotatable bonds is 6. The number of nitrogens with two attached hydrogens (primary N) is 1. The van der Waals surface area contributed by atoms with Crippen molar-refractivity contribution in [1.29, 1.82) is 0 Å². The van der Waals surface area contributed by atoms with E-state index in [1.165, 1.54) is 43.1 Å². The smallest absolute Gasteiger partial charge is 0.235 e. The van der Waals surface area contributed by atoms with E-state index in [-0.39, 0.29) is 5.91 Å². The van der Waals surface area contributed by atoms with Crippen molar-refractivity contribution in [3.63, 3.8) is 0 Å². The van der Waals surface area contributed by atoms with Gasteiger partial charge in [-0.2, -0.15) is 0 Å². The van der Waals surface area contributed by atoms with Crippen LogP contribution < -0.4 is 5.73 Å². The lowest BCUT2D eigenvalue weighted by molar-refractivity contribution is -0.117. The fourth-order valence-electron chi connectivity index (χ4n) is 5.26. The van der Waals surface area contributed by atoms with Crippen molar-refractivity contribution in [2.75, 3.05) is 0 Å². The summed E-state index contributed by atoms with van der Waals surface area (Å²) in [4.78, 5) is 17.0. The number of aromatic nitrogens is 2. The Labute approximate surface area is 165 Å². The largest absolute Gasteiger partial charge is 0.368 e. The van der Waals surface area contributed by atoms with Gasteiger partial charge in [0.15, 0.2) is 5.16 Å². The van der Waals surface area contributed by atoms with Crippen LogP contribution in [0.15, 0.2) is 35.5 Å². The van der Waals surface area contributed by atoms with Crippen molar-refractivity contribution in [2.45, 2.75) is 62.9 Å². The number of amides is 1. The van der Waals surface area contributed by atoms with Gasteiger partial charge < -0.3 is 10.3 Å². The molecule has 0 spiro atoms. The molecule has 2 aliphatic carbocycles. The molecule has 0 unspecified atom stereocenters. The molecule has 4 rings (SSSR count). The van der Waals surface area contributed by atoms with E-state index in [2.05, 4.69) is 25.3 Å². The first-order valence-corrected chi connectivity index (χ1v) is 10.9. The third-order valence-electron chi connectivity index (χ3n) is 6.76. The number of carbonyl (C=O) groups excluding carboxylic acids is 1. The molecule has 2 aliphatic rings. The molecule has 5 heteroatoms. The van der Waals surface area contributed by atoms with E-state index in [9.17, 15) is 4.79 Å². The first-order chi connectivity index (χ1) is 13.0. The van der Waals surface area contributed by atoms with Gasteiger partial charge in [0.25, 0.3) is 0 Å². The van der Waals surface area contributed by atoms with Crippen LogP contribution in [0.25, 0.3) is 0 Å². The number of imidazole rings is 1. The van der Waals surface area contributed by atoms with Crippen molar-refractivity contribution in [3.8, 4) is 0 Å². The highest BCUT2D eigenvalue weighted by Gasteiger charge is 2.43. The Hall–Kier alpha value is -1.75. The number of primary amides is 1. The van der Waals surface area contributed by atoms with Crippen molar-refractivity contribution in [2.24, 2.45) is 23.5 Å². The number of fused-ring (bicyclic) bond motifs is 2. The predicted octanol–water partition coefficient (Wildman–Crippen LogP) is 4.82. The summed E-state index contributed by atoms with van der Waals surface area (Å²) >= 11 is 1.50. The quantitative estimate of drug-likeness (QED) is 0.728. The number of nitrogens with zero attached hydrogens (tertiary/aromatic N) is 2. The molecule has 4 nitrogen and oxygen atoms in total. The van der Waals surface area contributed by atoms with Crippen molar-refractivity contribution < 1.29 is 4.79 Å². The molecular weight excluding hydrogens is 354 g/mol. The van der Waals surface area contributed by atoms with Crippen LogP contribution in [0.5, 0.6) is 0 Å². The summed E-state index contributed by atoms with van der Waals surface area (Å²) in [6.45, 7) is 6.55. The molecule has 1 aromatic carbocycles. The monoisotopic (exact) mass is 383 g/mol. The Bertz CT molecular complexity index is 832. The van der Waals surface area contributed by atoms with E-state index in [4.69, 9.17) is 10.7 Å². The highest BCUT2D eigenvalue weighted by Crippen LogP contribution is 2.53. The Morgan fingerprint density at radius 3 is 2.56 bits per heavy atom. The lowest BCUT2D eigenvalue weighted by Crippen LogP contribution is -2.24. The minimum atomic E-state index is -0.418. The van der Waals surface area contributed by atoms with Crippen molar-refractivity contribution in [1.82, 2.24) is 9.55 Å². The normalized spacial score (nSPS) is 26.3. The maximum Gasteiger partial charge on any atom is 0.235 e. The van der Waals surface area contributed by atoms with Crippen LogP contribution in [0, 0.1) is 31.6 Å². The molecule has 0 aliphatic heterocycles. The lowest BCUT2D eigenvalue weighted by atomic mass is 9.84. The van der Waals surface area contributed by atoms with Crippen LogP contribution in [0.1, 0.15) is 60.9 Å². The summed E-state index contributed by atoms with van der Waals surface area (Å²) in [6, 6.07) is 10.2. The Morgan fingerprint density at radius 1 is 1.22 bits per heavy atom. The van der Waals surface area contributed by atoms with Crippen LogP contribution in [0.2, 0.25) is 0 Å². The fraction of sp³-hybridized carbons (Fsp3) is 0.545. The van der Waals surface area contributed by atoms with Crippen LogP contribution in [0.4, 0.5) is 0 Å². The second-order valence-corrected chi connectivity index (χ2v) is 9.40. The first kappa shape index (κ1) is 18.6. The Kier molecular flexibility index (Phi) is 5.06. The Balaban J connectivity index is 1.65. The fourth-order valence-corrected chi connectivity index (χ4v) is 6.49. The molecule has 0 radical (unpaired) electrons. The summed E-state index contributed by atoms with van der Waals surface area (Å²) in [5.74, 6) is 2.18. The first-order valence-electron chi connectivity index (χ1n) is 10.0. The molecule has 1 heterocycles. The number of hydrogen-bond donors (Lipinski definition) is 1. The SMILES string of the molecule is Cc1nc(S[C@H](C(N)=O)c2ccccc2)n([C@@H](C)[C@H]2C[C@H]3CC[C@H]2C3)c1C. The summed E-state index contributed by atoms with van der Waals surface area (Å²) in [5, 5.41) is 0.506. The van der Waals surface area contributed by atoms with Crippen molar-refractivity contribution >= 4 is 17.7 Å². The average Bonchev–Trinajstić information content (AvgIpc) is 3.35. The van der Waals surface area contributed by atoms with Crippen LogP contribution in [-0.2, 0) is 4.79 Å². The highest BCUT2D eigenvalue weighted by molar-refractivity contribution is 8.00.